The second kappa shape index (κ2) is 9.82. The van der Waals surface area contributed by atoms with Crippen LogP contribution in [0, 0.1) is 19.8 Å². The van der Waals surface area contributed by atoms with Gasteiger partial charge in [-0.2, -0.15) is 18.3 Å². The van der Waals surface area contributed by atoms with Crippen LogP contribution < -0.4 is 10.0 Å². The highest BCUT2D eigenvalue weighted by atomic mass is 32.2. The third-order valence-electron chi connectivity index (χ3n) is 4.58. The molecule has 1 heterocycles. The topological polar surface area (TPSA) is 93.1 Å². The lowest BCUT2D eigenvalue weighted by atomic mass is 10.1. The Labute approximate surface area is 180 Å². The predicted molar refractivity (Wildman–Crippen MR) is 111 cm³/mol. The SMILES string of the molecule is Cc1nn(CC(C)C)c(C)c1CCC(=O)Nc1ccc(S(=O)(=O)NCC(F)(F)F)cc1. The minimum absolute atomic E-state index is 0.211. The van der Waals surface area contributed by atoms with Crippen LogP contribution in [0.25, 0.3) is 0 Å². The van der Waals surface area contributed by atoms with Crippen LogP contribution in [-0.2, 0) is 27.8 Å². The van der Waals surface area contributed by atoms with Crippen LogP contribution in [-0.4, -0.2) is 36.8 Å². The van der Waals surface area contributed by atoms with E-state index in [1.54, 1.807) is 0 Å². The number of aromatic nitrogens is 2. The molecule has 172 valence electrons. The molecule has 0 saturated carbocycles. The molecule has 0 atom stereocenters. The summed E-state index contributed by atoms with van der Waals surface area (Å²) in [5.41, 5.74) is 3.28. The van der Waals surface area contributed by atoms with Crippen molar-refractivity contribution in [1.29, 1.82) is 0 Å². The van der Waals surface area contributed by atoms with Gasteiger partial charge in [0.25, 0.3) is 0 Å². The van der Waals surface area contributed by atoms with E-state index in [-0.39, 0.29) is 17.2 Å². The van der Waals surface area contributed by atoms with E-state index in [2.05, 4.69) is 24.3 Å². The van der Waals surface area contributed by atoms with Crippen molar-refractivity contribution in [1.82, 2.24) is 14.5 Å². The molecule has 11 heteroatoms. The molecule has 1 aromatic heterocycles. The third-order valence-corrected chi connectivity index (χ3v) is 6.00. The van der Waals surface area contributed by atoms with E-state index in [1.165, 1.54) is 16.9 Å². The van der Waals surface area contributed by atoms with Gasteiger partial charge in [-0.3, -0.25) is 9.48 Å². The number of benzene rings is 1. The molecule has 0 fully saturated rings. The molecule has 0 saturated heterocycles. The molecule has 1 amide bonds. The number of carbonyl (C=O) groups is 1. The molecule has 0 unspecified atom stereocenters. The summed E-state index contributed by atoms with van der Waals surface area (Å²) in [5, 5.41) is 7.19. The van der Waals surface area contributed by atoms with E-state index in [9.17, 15) is 26.4 Å². The van der Waals surface area contributed by atoms with E-state index < -0.39 is 22.7 Å². The van der Waals surface area contributed by atoms with Gasteiger partial charge in [-0.05, 0) is 56.0 Å². The molecule has 2 N–H and O–H groups in total. The summed E-state index contributed by atoms with van der Waals surface area (Å²) in [5.74, 6) is 0.186. The van der Waals surface area contributed by atoms with Crippen molar-refractivity contribution in [3.8, 4) is 0 Å². The minimum atomic E-state index is -4.65. The third kappa shape index (κ3) is 7.35. The average Bonchev–Trinajstić information content (AvgIpc) is 2.91. The number of sulfonamides is 1. The summed E-state index contributed by atoms with van der Waals surface area (Å²) >= 11 is 0. The monoisotopic (exact) mass is 460 g/mol. The zero-order chi connectivity index (χ0) is 23.4. The number of anilines is 1. The van der Waals surface area contributed by atoms with Gasteiger partial charge in [0, 0.05) is 24.3 Å². The van der Waals surface area contributed by atoms with Crippen LogP contribution in [0.5, 0.6) is 0 Å². The Bertz CT molecular complexity index is 1010. The van der Waals surface area contributed by atoms with Gasteiger partial charge < -0.3 is 5.32 Å². The van der Waals surface area contributed by atoms with Gasteiger partial charge in [0.05, 0.1) is 10.6 Å². The maximum Gasteiger partial charge on any atom is 0.402 e. The quantitative estimate of drug-likeness (QED) is 0.598. The Morgan fingerprint density at radius 2 is 1.77 bits per heavy atom. The summed E-state index contributed by atoms with van der Waals surface area (Å²) < 4.78 is 63.9. The summed E-state index contributed by atoms with van der Waals surface area (Å²) in [6.45, 7) is 7.23. The van der Waals surface area contributed by atoms with Gasteiger partial charge in [-0.1, -0.05) is 13.8 Å². The summed E-state index contributed by atoms with van der Waals surface area (Å²) in [7, 11) is -4.29. The highest BCUT2D eigenvalue weighted by Crippen LogP contribution is 2.19. The fraction of sp³-hybridized carbons (Fsp3) is 0.500. The first-order valence-electron chi connectivity index (χ1n) is 9.77. The molecular weight excluding hydrogens is 433 g/mol. The van der Waals surface area contributed by atoms with Crippen molar-refractivity contribution < 1.29 is 26.4 Å². The van der Waals surface area contributed by atoms with Crippen molar-refractivity contribution in [3.63, 3.8) is 0 Å². The highest BCUT2D eigenvalue weighted by Gasteiger charge is 2.30. The van der Waals surface area contributed by atoms with Gasteiger partial charge >= 0.3 is 6.18 Å². The lowest BCUT2D eigenvalue weighted by Gasteiger charge is -2.10. The standard InChI is InChI=1S/C20H27F3N4O3S/c1-13(2)11-27-15(4)18(14(3)26-27)9-10-19(28)25-16-5-7-17(8-6-16)31(29,30)24-12-20(21,22)23/h5-8,13,24H,9-12H2,1-4H3,(H,25,28). The number of rotatable bonds is 9. The number of alkyl halides is 3. The number of hydrogen-bond acceptors (Lipinski definition) is 4. The van der Waals surface area contributed by atoms with Crippen LogP contribution in [0.1, 0.15) is 37.2 Å². The first kappa shape index (κ1) is 24.9. The van der Waals surface area contributed by atoms with E-state index in [0.29, 0.717) is 18.0 Å². The number of nitrogens with one attached hydrogen (secondary N) is 2. The Kier molecular flexibility index (Phi) is 7.87. The van der Waals surface area contributed by atoms with Gasteiger partial charge in [-0.15, -0.1) is 0 Å². The lowest BCUT2D eigenvalue weighted by molar-refractivity contribution is -0.121. The molecule has 0 radical (unpaired) electrons. The van der Waals surface area contributed by atoms with Crippen molar-refractivity contribution in [2.75, 3.05) is 11.9 Å². The molecule has 0 spiro atoms. The predicted octanol–water partition coefficient (Wildman–Crippen LogP) is 3.57. The fourth-order valence-corrected chi connectivity index (χ4v) is 4.07. The molecule has 2 rings (SSSR count). The molecule has 0 aliphatic carbocycles. The molecule has 0 bridgehead atoms. The molecule has 7 nitrogen and oxygen atoms in total. The van der Waals surface area contributed by atoms with Crippen LogP contribution in [0.4, 0.5) is 18.9 Å². The molecule has 2 aromatic rings. The number of hydrogen-bond donors (Lipinski definition) is 2. The van der Waals surface area contributed by atoms with E-state index in [1.807, 2.05) is 18.5 Å². The minimum Gasteiger partial charge on any atom is -0.326 e. The smallest absolute Gasteiger partial charge is 0.326 e. The van der Waals surface area contributed by atoms with Crippen LogP contribution in [0.3, 0.4) is 0 Å². The molecular formula is C20H27F3N4O3S. The zero-order valence-electron chi connectivity index (χ0n) is 17.9. The summed E-state index contributed by atoms with van der Waals surface area (Å²) in [6, 6.07) is 4.94. The maximum atomic E-state index is 12.3. The van der Waals surface area contributed by atoms with E-state index in [4.69, 9.17) is 0 Å². The van der Waals surface area contributed by atoms with Crippen LogP contribution >= 0.6 is 0 Å². The fourth-order valence-electron chi connectivity index (χ4n) is 3.06. The molecule has 31 heavy (non-hydrogen) atoms. The van der Waals surface area contributed by atoms with Crippen molar-refractivity contribution in [3.05, 3.63) is 41.2 Å². The number of nitrogens with zero attached hydrogens (tertiary/aromatic N) is 2. The Morgan fingerprint density at radius 1 is 1.16 bits per heavy atom. The second-order valence-corrected chi connectivity index (χ2v) is 9.50. The van der Waals surface area contributed by atoms with Gasteiger partial charge in [-0.25, -0.2) is 13.1 Å². The van der Waals surface area contributed by atoms with Gasteiger partial charge in [0.1, 0.15) is 6.54 Å². The second-order valence-electron chi connectivity index (χ2n) is 7.74. The van der Waals surface area contributed by atoms with Crippen molar-refractivity contribution in [2.24, 2.45) is 5.92 Å². The number of aryl methyl sites for hydroxylation is 1. The van der Waals surface area contributed by atoms with Crippen molar-refractivity contribution >= 4 is 21.6 Å². The first-order valence-corrected chi connectivity index (χ1v) is 11.3. The normalized spacial score (nSPS) is 12.4. The lowest BCUT2D eigenvalue weighted by Crippen LogP contribution is -2.33. The van der Waals surface area contributed by atoms with Gasteiger partial charge in [0.2, 0.25) is 15.9 Å². The average molecular weight is 461 g/mol. The highest BCUT2D eigenvalue weighted by molar-refractivity contribution is 7.89. The van der Waals surface area contributed by atoms with Crippen molar-refractivity contribution in [2.45, 2.75) is 58.2 Å². The summed E-state index contributed by atoms with van der Waals surface area (Å²) in [6.07, 6.45) is -3.93. The van der Waals surface area contributed by atoms with Gasteiger partial charge in [0.15, 0.2) is 0 Å². The van der Waals surface area contributed by atoms with Crippen LogP contribution in [0.15, 0.2) is 29.2 Å². The molecule has 0 aliphatic heterocycles. The van der Waals surface area contributed by atoms with E-state index >= 15 is 0 Å². The van der Waals surface area contributed by atoms with Crippen LogP contribution in [0.2, 0.25) is 0 Å². The zero-order valence-corrected chi connectivity index (χ0v) is 18.7. The number of carbonyl (C=O) groups excluding carboxylic acids is 1. The largest absolute Gasteiger partial charge is 0.402 e. The Hall–Kier alpha value is -2.40. The molecule has 1 aromatic carbocycles. The first-order chi connectivity index (χ1) is 14.3. The maximum absolute atomic E-state index is 12.3. The number of amides is 1. The van der Waals surface area contributed by atoms with E-state index in [0.717, 1.165) is 35.6 Å². The number of halogens is 3. The molecule has 0 aliphatic rings. The summed E-state index contributed by atoms with van der Waals surface area (Å²) in [4.78, 5) is 12.0. The Balaban J connectivity index is 1.96. The Morgan fingerprint density at radius 3 is 2.32 bits per heavy atom.